The van der Waals surface area contributed by atoms with E-state index in [1.54, 1.807) is 7.05 Å². The van der Waals surface area contributed by atoms with E-state index in [2.05, 4.69) is 74.5 Å². The van der Waals surface area contributed by atoms with Gasteiger partial charge in [-0.1, -0.05) is 80.9 Å². The van der Waals surface area contributed by atoms with Gasteiger partial charge in [-0.3, -0.25) is 9.63 Å². The maximum atomic E-state index is 12.3. The summed E-state index contributed by atoms with van der Waals surface area (Å²) < 4.78 is 0. The van der Waals surface area contributed by atoms with Gasteiger partial charge in [-0.15, -0.1) is 0 Å². The molecule has 0 aromatic heterocycles. The monoisotopic (exact) mass is 381 g/mol. The molecule has 0 heterocycles. The predicted molar refractivity (Wildman–Crippen MR) is 117 cm³/mol. The summed E-state index contributed by atoms with van der Waals surface area (Å²) in [5.74, 6) is 0.0529. The van der Waals surface area contributed by atoms with Crippen LogP contribution in [0.4, 0.5) is 0 Å². The van der Waals surface area contributed by atoms with Crippen LogP contribution in [0.15, 0.2) is 12.2 Å². The average molecular weight is 382 g/mol. The van der Waals surface area contributed by atoms with Crippen molar-refractivity contribution in [3.05, 3.63) is 12.2 Å². The summed E-state index contributed by atoms with van der Waals surface area (Å²) in [6.07, 6.45) is 10.6. The topological polar surface area (TPSA) is 29.5 Å². The first-order valence-corrected chi connectivity index (χ1v) is 10.5. The summed E-state index contributed by atoms with van der Waals surface area (Å²) in [7, 11) is 3.22. The number of amides is 1. The van der Waals surface area contributed by atoms with Crippen molar-refractivity contribution in [3.63, 3.8) is 0 Å². The molecule has 0 aliphatic rings. The third-order valence-corrected chi connectivity index (χ3v) is 5.48. The van der Waals surface area contributed by atoms with Gasteiger partial charge in [-0.05, 0) is 47.3 Å². The third kappa shape index (κ3) is 11.6. The molecule has 0 aliphatic heterocycles. The Morgan fingerprint density at radius 2 is 1.33 bits per heavy atom. The minimum absolute atomic E-state index is 0.00722. The summed E-state index contributed by atoms with van der Waals surface area (Å²) in [6.45, 7) is 20.7. The minimum atomic E-state index is -0.00722. The normalized spacial score (nSPS) is 15.8. The number of rotatable bonds is 11. The second-order valence-corrected chi connectivity index (χ2v) is 11.5. The molecule has 0 spiro atoms. The van der Waals surface area contributed by atoms with Gasteiger partial charge in [0.05, 0.1) is 7.11 Å². The maximum Gasteiger partial charge on any atom is 0.246 e. The van der Waals surface area contributed by atoms with Crippen LogP contribution in [-0.2, 0) is 9.63 Å². The van der Waals surface area contributed by atoms with E-state index in [0.29, 0.717) is 17.3 Å². The largest absolute Gasteiger partial charge is 0.275 e. The van der Waals surface area contributed by atoms with Gasteiger partial charge in [0.25, 0.3) is 0 Å². The lowest BCUT2D eigenvalue weighted by Crippen LogP contribution is -2.33. The van der Waals surface area contributed by atoms with E-state index >= 15 is 0 Å². The summed E-state index contributed by atoms with van der Waals surface area (Å²) >= 11 is 0. The standard InChI is InChI=1S/C24H47NO2/c1-12-24(9,17-20(26)25(10)27-11)19-23(7,8)16-14-13-15-22(5,6)18-21(2,3)4/h13-14H,12,15-19H2,1-11H3. The molecular weight excluding hydrogens is 334 g/mol. The Labute approximate surface area is 169 Å². The first kappa shape index (κ1) is 26.2. The van der Waals surface area contributed by atoms with E-state index in [1.807, 2.05) is 0 Å². The van der Waals surface area contributed by atoms with Crippen LogP contribution in [0.3, 0.4) is 0 Å². The zero-order valence-corrected chi connectivity index (χ0v) is 20.2. The number of hydrogen-bond acceptors (Lipinski definition) is 2. The van der Waals surface area contributed by atoms with Crippen LogP contribution < -0.4 is 0 Å². The Bertz CT molecular complexity index is 485. The lowest BCUT2D eigenvalue weighted by Gasteiger charge is -2.37. The number of carbonyl (C=O) groups is 1. The van der Waals surface area contributed by atoms with Crippen LogP contribution in [0.1, 0.15) is 101 Å². The Balaban J connectivity index is 4.79. The smallest absolute Gasteiger partial charge is 0.246 e. The van der Waals surface area contributed by atoms with E-state index < -0.39 is 0 Å². The zero-order valence-electron chi connectivity index (χ0n) is 20.2. The molecule has 0 saturated carbocycles. The van der Waals surface area contributed by atoms with Crippen LogP contribution in [0, 0.1) is 21.7 Å². The molecule has 1 atom stereocenters. The first-order valence-electron chi connectivity index (χ1n) is 10.5. The molecule has 3 nitrogen and oxygen atoms in total. The van der Waals surface area contributed by atoms with E-state index in [0.717, 1.165) is 25.7 Å². The fourth-order valence-electron chi connectivity index (χ4n) is 4.43. The summed E-state index contributed by atoms with van der Waals surface area (Å²) in [4.78, 5) is 17.4. The van der Waals surface area contributed by atoms with Crippen molar-refractivity contribution in [2.24, 2.45) is 21.7 Å². The van der Waals surface area contributed by atoms with Gasteiger partial charge < -0.3 is 0 Å². The molecule has 0 fully saturated rings. The zero-order chi connectivity index (χ0) is 21.5. The molecule has 160 valence electrons. The van der Waals surface area contributed by atoms with Crippen LogP contribution in [0.5, 0.6) is 0 Å². The molecule has 0 aromatic carbocycles. The summed E-state index contributed by atoms with van der Waals surface area (Å²) in [6, 6.07) is 0. The van der Waals surface area contributed by atoms with Crippen molar-refractivity contribution < 1.29 is 9.63 Å². The molecular formula is C24H47NO2. The van der Waals surface area contributed by atoms with E-state index in [4.69, 9.17) is 4.84 Å². The highest BCUT2D eigenvalue weighted by Crippen LogP contribution is 2.42. The van der Waals surface area contributed by atoms with Gasteiger partial charge in [-0.25, -0.2) is 5.06 Å². The van der Waals surface area contributed by atoms with Crippen molar-refractivity contribution in [2.75, 3.05) is 14.2 Å². The van der Waals surface area contributed by atoms with Crippen LogP contribution in [0.25, 0.3) is 0 Å². The molecule has 0 aromatic rings. The Morgan fingerprint density at radius 3 is 1.70 bits per heavy atom. The summed E-state index contributed by atoms with van der Waals surface area (Å²) in [5.41, 5.74) is 0.851. The van der Waals surface area contributed by atoms with Crippen LogP contribution >= 0.6 is 0 Å². The predicted octanol–water partition coefficient (Wildman–Crippen LogP) is 7.03. The van der Waals surface area contributed by atoms with Gasteiger partial charge >= 0.3 is 0 Å². The third-order valence-electron chi connectivity index (χ3n) is 5.48. The van der Waals surface area contributed by atoms with Crippen molar-refractivity contribution in [2.45, 2.75) is 101 Å². The molecule has 1 amide bonds. The highest BCUT2D eigenvalue weighted by Gasteiger charge is 2.33. The van der Waals surface area contributed by atoms with E-state index in [-0.39, 0.29) is 16.7 Å². The molecule has 0 rings (SSSR count). The molecule has 0 bridgehead atoms. The number of nitrogens with zero attached hydrogens (tertiary/aromatic N) is 1. The molecule has 0 radical (unpaired) electrons. The minimum Gasteiger partial charge on any atom is -0.275 e. The lowest BCUT2D eigenvalue weighted by molar-refractivity contribution is -0.171. The van der Waals surface area contributed by atoms with Crippen LogP contribution in [0.2, 0.25) is 0 Å². The molecule has 27 heavy (non-hydrogen) atoms. The number of carbonyl (C=O) groups excluding carboxylic acids is 1. The maximum absolute atomic E-state index is 12.3. The van der Waals surface area contributed by atoms with E-state index in [1.165, 1.54) is 18.6 Å². The second kappa shape index (κ2) is 10.1. The quantitative estimate of drug-likeness (QED) is 0.284. The van der Waals surface area contributed by atoms with Gasteiger partial charge in [-0.2, -0.15) is 0 Å². The number of hydrogen-bond donors (Lipinski definition) is 0. The molecule has 0 aliphatic carbocycles. The SMILES string of the molecule is CCC(C)(CC(=O)N(C)OC)CC(C)(C)CC=CCC(C)(C)CC(C)(C)C. The second-order valence-electron chi connectivity index (χ2n) is 11.5. The van der Waals surface area contributed by atoms with Gasteiger partial charge in [0.1, 0.15) is 0 Å². The average Bonchev–Trinajstić information content (AvgIpc) is 2.47. The fraction of sp³-hybridized carbons (Fsp3) is 0.875. The van der Waals surface area contributed by atoms with Gasteiger partial charge in [0, 0.05) is 13.5 Å². The molecule has 0 N–H and O–H groups in total. The Kier molecular flexibility index (Phi) is 9.78. The lowest BCUT2D eigenvalue weighted by atomic mass is 9.69. The van der Waals surface area contributed by atoms with Gasteiger partial charge in [0.2, 0.25) is 5.91 Å². The van der Waals surface area contributed by atoms with Gasteiger partial charge in [0.15, 0.2) is 0 Å². The molecule has 1 unspecified atom stereocenters. The Morgan fingerprint density at radius 1 is 0.889 bits per heavy atom. The van der Waals surface area contributed by atoms with Crippen LogP contribution in [-0.4, -0.2) is 25.1 Å². The molecule has 3 heteroatoms. The number of hydroxylamine groups is 2. The van der Waals surface area contributed by atoms with Crippen molar-refractivity contribution in [1.29, 1.82) is 0 Å². The first-order chi connectivity index (χ1) is 12.0. The highest BCUT2D eigenvalue weighted by molar-refractivity contribution is 5.75. The Hall–Kier alpha value is -0.830. The van der Waals surface area contributed by atoms with E-state index in [9.17, 15) is 4.79 Å². The molecule has 0 saturated heterocycles. The van der Waals surface area contributed by atoms with Crippen molar-refractivity contribution in [3.8, 4) is 0 Å². The highest BCUT2D eigenvalue weighted by atomic mass is 16.7. The van der Waals surface area contributed by atoms with Crippen molar-refractivity contribution in [1.82, 2.24) is 5.06 Å². The fourth-order valence-corrected chi connectivity index (χ4v) is 4.43. The number of allylic oxidation sites excluding steroid dienone is 2. The van der Waals surface area contributed by atoms with Crippen molar-refractivity contribution >= 4 is 5.91 Å². The summed E-state index contributed by atoms with van der Waals surface area (Å²) in [5, 5.41) is 1.35.